The lowest BCUT2D eigenvalue weighted by Gasteiger charge is -2.19. The van der Waals surface area contributed by atoms with E-state index in [4.69, 9.17) is 21.1 Å². The molecule has 0 fully saturated rings. The minimum Gasteiger partial charge on any atom is -0.490 e. The zero-order chi connectivity index (χ0) is 26.4. The molecule has 3 aromatic carbocycles. The number of thioether (sulfide) groups is 1. The molecule has 4 rings (SSSR count). The van der Waals surface area contributed by atoms with Crippen molar-refractivity contribution in [1.29, 1.82) is 0 Å². The van der Waals surface area contributed by atoms with Gasteiger partial charge in [0.25, 0.3) is 0 Å². The third-order valence-corrected chi connectivity index (χ3v) is 7.39. The molecular weight excluding hydrogens is 580 g/mol. The van der Waals surface area contributed by atoms with Crippen LogP contribution in [0, 0.1) is 17.0 Å². The number of aromatic nitrogens is 3. The van der Waals surface area contributed by atoms with E-state index in [2.05, 4.69) is 26.1 Å². The first-order valence-electron chi connectivity index (χ1n) is 11.4. The van der Waals surface area contributed by atoms with E-state index in [1.165, 1.54) is 11.8 Å². The Kier molecular flexibility index (Phi) is 9.07. The van der Waals surface area contributed by atoms with Crippen LogP contribution in [0.4, 0.5) is 0 Å². The number of ether oxygens (including phenoxy) is 2. The van der Waals surface area contributed by atoms with Gasteiger partial charge in [-0.2, -0.15) is 0 Å². The molecule has 1 aromatic heterocycles. The highest BCUT2D eigenvalue weighted by Gasteiger charge is 2.26. The van der Waals surface area contributed by atoms with Gasteiger partial charge in [-0.25, -0.2) is 0 Å². The van der Waals surface area contributed by atoms with Crippen molar-refractivity contribution >= 4 is 39.3 Å². The molecular formula is C26H24BrClN4O4S. The SMILES string of the molecule is CCOc1cc([C@H](C[N+](=O)[O-])Sc2nnc(C)n2-c2ccccc2)cc(Br)c1OCc1ccc(Cl)cc1. The highest BCUT2D eigenvalue weighted by Crippen LogP contribution is 2.43. The van der Waals surface area contributed by atoms with Gasteiger partial charge in [-0.05, 0) is 77.3 Å². The number of nitro groups is 1. The Balaban J connectivity index is 1.66. The molecule has 1 atom stereocenters. The van der Waals surface area contributed by atoms with Crippen molar-refractivity contribution < 1.29 is 14.4 Å². The lowest BCUT2D eigenvalue weighted by atomic mass is 10.1. The Morgan fingerprint density at radius 3 is 2.51 bits per heavy atom. The summed E-state index contributed by atoms with van der Waals surface area (Å²) in [5.74, 6) is 1.71. The van der Waals surface area contributed by atoms with Crippen molar-refractivity contribution in [3.8, 4) is 17.2 Å². The number of nitrogens with zero attached hydrogens (tertiary/aromatic N) is 4. The van der Waals surface area contributed by atoms with Gasteiger partial charge in [0.2, 0.25) is 6.54 Å². The zero-order valence-corrected chi connectivity index (χ0v) is 23.3. The van der Waals surface area contributed by atoms with Crippen LogP contribution in [-0.2, 0) is 6.61 Å². The Labute approximate surface area is 232 Å². The number of benzene rings is 3. The normalized spacial score (nSPS) is 11.8. The maximum absolute atomic E-state index is 11.7. The number of hydrogen-bond donors (Lipinski definition) is 0. The molecule has 0 aliphatic heterocycles. The second kappa shape index (κ2) is 12.4. The van der Waals surface area contributed by atoms with Gasteiger partial charge in [-0.3, -0.25) is 14.7 Å². The first kappa shape index (κ1) is 27.0. The summed E-state index contributed by atoms with van der Waals surface area (Å²) in [7, 11) is 0. The quantitative estimate of drug-likeness (QED) is 0.103. The molecule has 0 saturated heterocycles. The predicted octanol–water partition coefficient (Wildman–Crippen LogP) is 7.08. The molecule has 0 spiro atoms. The maximum Gasteiger partial charge on any atom is 0.220 e. The van der Waals surface area contributed by atoms with Crippen LogP contribution in [0.2, 0.25) is 5.02 Å². The van der Waals surface area contributed by atoms with Crippen molar-refractivity contribution in [1.82, 2.24) is 14.8 Å². The fraction of sp³-hybridized carbons (Fsp3) is 0.231. The molecule has 11 heteroatoms. The molecule has 1 heterocycles. The third kappa shape index (κ3) is 6.82. The molecule has 192 valence electrons. The summed E-state index contributed by atoms with van der Waals surface area (Å²) in [5, 5.41) is 20.8. The Bertz CT molecular complexity index is 1370. The minimum atomic E-state index is -0.554. The predicted molar refractivity (Wildman–Crippen MR) is 148 cm³/mol. The van der Waals surface area contributed by atoms with E-state index >= 15 is 0 Å². The molecule has 4 aromatic rings. The van der Waals surface area contributed by atoms with E-state index < -0.39 is 5.25 Å². The smallest absolute Gasteiger partial charge is 0.220 e. The van der Waals surface area contributed by atoms with Crippen LogP contribution in [0.3, 0.4) is 0 Å². The highest BCUT2D eigenvalue weighted by atomic mass is 79.9. The monoisotopic (exact) mass is 602 g/mol. The Morgan fingerprint density at radius 2 is 1.84 bits per heavy atom. The summed E-state index contributed by atoms with van der Waals surface area (Å²) in [6, 6.07) is 20.7. The van der Waals surface area contributed by atoms with Crippen molar-refractivity contribution in [2.75, 3.05) is 13.2 Å². The fourth-order valence-corrected chi connectivity index (χ4v) is 5.53. The van der Waals surface area contributed by atoms with E-state index in [0.29, 0.717) is 50.8 Å². The standard InChI is InChI=1S/C26H24BrClN4O4S/c1-3-35-23-14-19(13-22(27)25(23)36-16-18-9-11-20(28)12-10-18)24(15-31(33)34)37-26-30-29-17(2)32(26)21-7-5-4-6-8-21/h4-14,24H,3,15-16H2,1-2H3/t24-/m0/s1. The second-order valence-corrected chi connectivity index (χ2v) is 10.5. The largest absolute Gasteiger partial charge is 0.490 e. The summed E-state index contributed by atoms with van der Waals surface area (Å²) in [6.45, 7) is 4.12. The van der Waals surface area contributed by atoms with Gasteiger partial charge in [-0.15, -0.1) is 10.2 Å². The van der Waals surface area contributed by atoms with E-state index in [1.807, 2.05) is 66.9 Å². The van der Waals surface area contributed by atoms with E-state index in [9.17, 15) is 10.1 Å². The van der Waals surface area contributed by atoms with Crippen LogP contribution in [-0.4, -0.2) is 32.8 Å². The van der Waals surface area contributed by atoms with Crippen LogP contribution < -0.4 is 9.47 Å². The third-order valence-electron chi connectivity index (χ3n) is 5.37. The number of rotatable bonds is 11. The average molecular weight is 604 g/mol. The Hall–Kier alpha value is -3.08. The lowest BCUT2D eigenvalue weighted by Crippen LogP contribution is -2.12. The number of para-hydroxylation sites is 1. The van der Waals surface area contributed by atoms with Crippen molar-refractivity contribution in [2.45, 2.75) is 30.9 Å². The zero-order valence-electron chi connectivity index (χ0n) is 20.1. The molecule has 0 bridgehead atoms. The molecule has 8 nitrogen and oxygen atoms in total. The van der Waals surface area contributed by atoms with E-state index in [1.54, 1.807) is 18.2 Å². The van der Waals surface area contributed by atoms with E-state index in [0.717, 1.165) is 11.3 Å². The first-order chi connectivity index (χ1) is 17.9. The van der Waals surface area contributed by atoms with Gasteiger partial charge in [0, 0.05) is 15.6 Å². The molecule has 0 radical (unpaired) electrons. The maximum atomic E-state index is 11.7. The van der Waals surface area contributed by atoms with Gasteiger partial charge in [0.1, 0.15) is 17.7 Å². The van der Waals surface area contributed by atoms with Gasteiger partial charge < -0.3 is 9.47 Å². The Morgan fingerprint density at radius 1 is 1.11 bits per heavy atom. The second-order valence-electron chi connectivity index (χ2n) is 8.00. The molecule has 0 N–H and O–H groups in total. The highest BCUT2D eigenvalue weighted by molar-refractivity contribution is 9.10. The summed E-state index contributed by atoms with van der Waals surface area (Å²) < 4.78 is 14.5. The molecule has 0 saturated carbocycles. The fourth-order valence-electron chi connectivity index (χ4n) is 3.68. The van der Waals surface area contributed by atoms with Gasteiger partial charge in [-0.1, -0.05) is 53.7 Å². The van der Waals surface area contributed by atoms with E-state index in [-0.39, 0.29) is 11.5 Å². The van der Waals surface area contributed by atoms with Gasteiger partial charge in [0.15, 0.2) is 16.7 Å². The molecule has 0 aliphatic carbocycles. The van der Waals surface area contributed by atoms with Crippen LogP contribution >= 0.6 is 39.3 Å². The number of halogens is 2. The average Bonchev–Trinajstić information content (AvgIpc) is 3.24. The van der Waals surface area contributed by atoms with Crippen LogP contribution in [0.5, 0.6) is 11.5 Å². The lowest BCUT2D eigenvalue weighted by molar-refractivity contribution is -0.479. The molecule has 0 amide bonds. The molecule has 37 heavy (non-hydrogen) atoms. The number of hydrogen-bond acceptors (Lipinski definition) is 7. The van der Waals surface area contributed by atoms with Crippen molar-refractivity contribution in [2.24, 2.45) is 0 Å². The van der Waals surface area contributed by atoms with Crippen molar-refractivity contribution in [3.05, 3.63) is 103 Å². The molecule has 0 aliphatic rings. The van der Waals surface area contributed by atoms with Crippen LogP contribution in [0.25, 0.3) is 5.69 Å². The van der Waals surface area contributed by atoms with Crippen LogP contribution in [0.1, 0.15) is 29.1 Å². The van der Waals surface area contributed by atoms with Gasteiger partial charge in [0.05, 0.1) is 11.1 Å². The summed E-state index contributed by atoms with van der Waals surface area (Å²) in [4.78, 5) is 11.3. The molecule has 0 unspecified atom stereocenters. The summed E-state index contributed by atoms with van der Waals surface area (Å²) in [6.07, 6.45) is 0. The first-order valence-corrected chi connectivity index (χ1v) is 13.5. The summed E-state index contributed by atoms with van der Waals surface area (Å²) in [5.41, 5.74) is 2.53. The topological polar surface area (TPSA) is 92.3 Å². The van der Waals surface area contributed by atoms with Crippen LogP contribution in [0.15, 0.2) is 76.4 Å². The summed E-state index contributed by atoms with van der Waals surface area (Å²) >= 11 is 10.9. The van der Waals surface area contributed by atoms with Gasteiger partial charge >= 0.3 is 0 Å². The van der Waals surface area contributed by atoms with Crippen molar-refractivity contribution in [3.63, 3.8) is 0 Å². The number of aryl methyl sites for hydroxylation is 1. The minimum absolute atomic E-state index is 0.307.